The highest BCUT2D eigenvalue weighted by atomic mass is 79.9. The third-order valence-electron chi connectivity index (χ3n) is 4.76. The van der Waals surface area contributed by atoms with E-state index in [0.29, 0.717) is 6.04 Å². The molecule has 1 aliphatic rings. The molecular weight excluding hydrogens is 336 g/mol. The van der Waals surface area contributed by atoms with Gasteiger partial charge in [0, 0.05) is 21.9 Å². The molecule has 0 fully saturated rings. The molecule has 0 amide bonds. The zero-order valence-corrected chi connectivity index (χ0v) is 15.1. The Labute approximate surface area is 141 Å². The Balaban J connectivity index is 2.07. The molecule has 1 aromatic carbocycles. The van der Waals surface area contributed by atoms with E-state index in [-0.39, 0.29) is 0 Å². The molecule has 1 aromatic heterocycles. The lowest BCUT2D eigenvalue weighted by atomic mass is 9.89. The predicted molar refractivity (Wildman–Crippen MR) is 97.3 cm³/mol. The van der Waals surface area contributed by atoms with E-state index in [2.05, 4.69) is 64.5 Å². The molecule has 0 aliphatic heterocycles. The second-order valence-electron chi connectivity index (χ2n) is 6.21. The van der Waals surface area contributed by atoms with E-state index in [1.54, 1.807) is 11.1 Å². The summed E-state index contributed by atoms with van der Waals surface area (Å²) in [6, 6.07) is 9.13. The number of aromatic amines is 1. The summed E-state index contributed by atoms with van der Waals surface area (Å²) in [5.41, 5.74) is 7.21. The molecule has 1 unspecified atom stereocenters. The van der Waals surface area contributed by atoms with Crippen molar-refractivity contribution in [2.75, 3.05) is 7.05 Å². The van der Waals surface area contributed by atoms with E-state index in [0.717, 1.165) is 4.47 Å². The third-order valence-corrected chi connectivity index (χ3v) is 5.29. The Morgan fingerprint density at radius 3 is 2.45 bits per heavy atom. The minimum Gasteiger partial charge on any atom is -0.357 e. The molecule has 3 rings (SSSR count). The molecule has 0 radical (unpaired) electrons. The second kappa shape index (κ2) is 7.01. The van der Waals surface area contributed by atoms with Crippen molar-refractivity contribution in [3.05, 3.63) is 45.6 Å². The molecule has 0 saturated heterocycles. The van der Waals surface area contributed by atoms with E-state index in [4.69, 9.17) is 0 Å². The van der Waals surface area contributed by atoms with Gasteiger partial charge in [0.25, 0.3) is 0 Å². The largest absolute Gasteiger partial charge is 0.357 e. The lowest BCUT2D eigenvalue weighted by Crippen LogP contribution is -2.18. The van der Waals surface area contributed by atoms with Gasteiger partial charge in [-0.2, -0.15) is 0 Å². The number of hydrogen-bond donors (Lipinski definition) is 2. The van der Waals surface area contributed by atoms with Gasteiger partial charge in [-0.25, -0.2) is 0 Å². The lowest BCUT2D eigenvalue weighted by molar-refractivity contribution is 0.523. The Morgan fingerprint density at radius 2 is 1.82 bits per heavy atom. The van der Waals surface area contributed by atoms with Gasteiger partial charge in [-0.1, -0.05) is 41.4 Å². The summed E-state index contributed by atoms with van der Waals surface area (Å²) in [6.45, 7) is 2.26. The molecule has 22 heavy (non-hydrogen) atoms. The highest BCUT2D eigenvalue weighted by Gasteiger charge is 2.24. The fourth-order valence-corrected chi connectivity index (χ4v) is 3.91. The number of hydrogen-bond acceptors (Lipinski definition) is 1. The van der Waals surface area contributed by atoms with E-state index in [1.807, 2.05) is 0 Å². The van der Waals surface area contributed by atoms with E-state index < -0.39 is 0 Å². The normalized spacial score (nSPS) is 15.6. The van der Waals surface area contributed by atoms with Crippen molar-refractivity contribution in [2.45, 2.75) is 51.5 Å². The average Bonchev–Trinajstić information content (AvgIpc) is 2.93. The molecule has 0 bridgehead atoms. The van der Waals surface area contributed by atoms with Crippen molar-refractivity contribution in [2.24, 2.45) is 0 Å². The second-order valence-corrected chi connectivity index (χ2v) is 7.13. The van der Waals surface area contributed by atoms with Gasteiger partial charge in [0.15, 0.2) is 0 Å². The van der Waals surface area contributed by atoms with Crippen LogP contribution in [0.1, 0.15) is 55.5 Å². The van der Waals surface area contributed by atoms with Crippen LogP contribution in [0.25, 0.3) is 11.3 Å². The minimum atomic E-state index is 0.445. The van der Waals surface area contributed by atoms with Crippen LogP contribution < -0.4 is 5.32 Å². The zero-order valence-electron chi connectivity index (χ0n) is 13.5. The van der Waals surface area contributed by atoms with Crippen LogP contribution in [-0.2, 0) is 12.8 Å². The number of benzene rings is 1. The molecule has 1 aliphatic carbocycles. The van der Waals surface area contributed by atoms with Gasteiger partial charge >= 0.3 is 0 Å². The number of halogens is 1. The zero-order chi connectivity index (χ0) is 15.5. The molecule has 3 heteroatoms. The van der Waals surface area contributed by atoms with Crippen molar-refractivity contribution in [1.82, 2.24) is 10.3 Å². The summed E-state index contributed by atoms with van der Waals surface area (Å²) in [4.78, 5) is 3.79. The summed E-state index contributed by atoms with van der Waals surface area (Å²) in [5.74, 6) is 0. The van der Waals surface area contributed by atoms with E-state index in [9.17, 15) is 0 Å². The molecular formula is C19H25BrN2. The summed E-state index contributed by atoms with van der Waals surface area (Å²) in [6.07, 6.45) is 7.45. The fourth-order valence-electron chi connectivity index (χ4n) is 3.65. The SMILES string of the molecule is CCCC(NC)c1[nH]c(-c2ccc(Br)cc2)c2c1CCCC2. The Bertz CT molecular complexity index is 628. The number of fused-ring (bicyclic) bond motifs is 1. The van der Waals surface area contributed by atoms with Gasteiger partial charge in [-0.05, 0) is 68.0 Å². The van der Waals surface area contributed by atoms with Crippen molar-refractivity contribution in [3.8, 4) is 11.3 Å². The quantitative estimate of drug-likeness (QED) is 0.735. The third kappa shape index (κ3) is 3.02. The van der Waals surface area contributed by atoms with Crippen molar-refractivity contribution >= 4 is 15.9 Å². The molecule has 2 N–H and O–H groups in total. The average molecular weight is 361 g/mol. The Kier molecular flexibility index (Phi) is 5.04. The van der Waals surface area contributed by atoms with Crippen molar-refractivity contribution in [1.29, 1.82) is 0 Å². The first kappa shape index (κ1) is 15.8. The molecule has 2 nitrogen and oxygen atoms in total. The molecule has 2 aromatic rings. The summed E-state index contributed by atoms with van der Waals surface area (Å²) >= 11 is 3.53. The maximum atomic E-state index is 3.79. The van der Waals surface area contributed by atoms with E-state index >= 15 is 0 Å². The van der Waals surface area contributed by atoms with Gasteiger partial charge in [0.05, 0.1) is 0 Å². The van der Waals surface area contributed by atoms with Crippen LogP contribution in [0.2, 0.25) is 0 Å². The number of H-pyrrole nitrogens is 1. The highest BCUT2D eigenvalue weighted by Crippen LogP contribution is 2.37. The minimum absolute atomic E-state index is 0.445. The molecule has 0 saturated carbocycles. The topological polar surface area (TPSA) is 27.8 Å². The van der Waals surface area contributed by atoms with Crippen molar-refractivity contribution in [3.63, 3.8) is 0 Å². The van der Waals surface area contributed by atoms with E-state index in [1.165, 1.54) is 55.5 Å². The molecule has 118 valence electrons. The number of rotatable bonds is 5. The van der Waals surface area contributed by atoms with Crippen LogP contribution in [0.5, 0.6) is 0 Å². The standard InChI is InChI=1S/C19H25BrN2/c1-3-6-17(21-2)19-16-8-5-4-7-15(16)18(22-19)13-9-11-14(20)12-10-13/h9-12,17,21-22H,3-8H2,1-2H3. The van der Waals surface area contributed by atoms with Crippen LogP contribution in [0.3, 0.4) is 0 Å². The van der Waals surface area contributed by atoms with Gasteiger partial charge in [0.1, 0.15) is 0 Å². The van der Waals surface area contributed by atoms with Crippen LogP contribution in [0.4, 0.5) is 0 Å². The number of aromatic nitrogens is 1. The summed E-state index contributed by atoms with van der Waals surface area (Å²) in [7, 11) is 2.08. The van der Waals surface area contributed by atoms with Gasteiger partial charge < -0.3 is 10.3 Å². The summed E-state index contributed by atoms with van der Waals surface area (Å²) < 4.78 is 1.14. The lowest BCUT2D eigenvalue weighted by Gasteiger charge is -2.19. The van der Waals surface area contributed by atoms with Gasteiger partial charge in [0.2, 0.25) is 0 Å². The first-order valence-electron chi connectivity index (χ1n) is 8.41. The highest BCUT2D eigenvalue weighted by molar-refractivity contribution is 9.10. The maximum Gasteiger partial charge on any atom is 0.0491 e. The molecule has 1 heterocycles. The van der Waals surface area contributed by atoms with Gasteiger partial charge in [-0.3, -0.25) is 0 Å². The van der Waals surface area contributed by atoms with Crippen LogP contribution in [0, 0.1) is 0 Å². The van der Waals surface area contributed by atoms with Crippen LogP contribution >= 0.6 is 15.9 Å². The first-order chi connectivity index (χ1) is 10.7. The Hall–Kier alpha value is -1.06. The van der Waals surface area contributed by atoms with Crippen LogP contribution in [0.15, 0.2) is 28.7 Å². The monoisotopic (exact) mass is 360 g/mol. The Morgan fingerprint density at radius 1 is 1.14 bits per heavy atom. The molecule has 0 spiro atoms. The first-order valence-corrected chi connectivity index (χ1v) is 9.20. The summed E-state index contributed by atoms with van der Waals surface area (Å²) in [5, 5.41) is 3.50. The molecule has 1 atom stereocenters. The predicted octanol–water partition coefficient (Wildman–Crippen LogP) is 5.38. The van der Waals surface area contributed by atoms with Crippen LogP contribution in [-0.4, -0.2) is 12.0 Å². The van der Waals surface area contributed by atoms with Crippen molar-refractivity contribution < 1.29 is 0 Å². The fraction of sp³-hybridized carbons (Fsp3) is 0.474. The number of nitrogens with one attached hydrogen (secondary N) is 2. The van der Waals surface area contributed by atoms with Gasteiger partial charge in [-0.15, -0.1) is 0 Å². The maximum absolute atomic E-state index is 3.79. The smallest absolute Gasteiger partial charge is 0.0491 e.